The zero-order valence-electron chi connectivity index (χ0n) is 12.7. The number of nitrogens with zero attached hydrogens (tertiary/aromatic N) is 1. The molecule has 0 aromatic carbocycles. The molecule has 1 saturated heterocycles. The molecule has 1 aliphatic rings. The first-order chi connectivity index (χ1) is 10.0. The third-order valence-corrected chi connectivity index (χ3v) is 5.27. The average Bonchev–Trinajstić information content (AvgIpc) is 2.85. The van der Waals surface area contributed by atoms with E-state index in [0.717, 1.165) is 30.7 Å². The number of aryl methyl sites for hydroxylation is 2. The molecule has 0 spiro atoms. The van der Waals surface area contributed by atoms with Gasteiger partial charge in [-0.1, -0.05) is 6.92 Å². The Bertz CT molecular complexity index is 524. The van der Waals surface area contributed by atoms with Gasteiger partial charge >= 0.3 is 5.97 Å². The van der Waals surface area contributed by atoms with Gasteiger partial charge in [0.2, 0.25) is 0 Å². The highest BCUT2D eigenvalue weighted by molar-refractivity contribution is 7.14. The summed E-state index contributed by atoms with van der Waals surface area (Å²) < 4.78 is 0. The first-order valence-corrected chi connectivity index (χ1v) is 8.43. The van der Waals surface area contributed by atoms with Crippen molar-refractivity contribution in [1.29, 1.82) is 0 Å². The van der Waals surface area contributed by atoms with Crippen LogP contribution in [0.15, 0.2) is 6.07 Å². The molecule has 0 radical (unpaired) electrons. The molecule has 1 fully saturated rings. The van der Waals surface area contributed by atoms with E-state index in [9.17, 15) is 9.59 Å². The Hall–Kier alpha value is -1.36. The highest BCUT2D eigenvalue weighted by Crippen LogP contribution is 2.27. The number of carbonyl (C=O) groups is 2. The van der Waals surface area contributed by atoms with Gasteiger partial charge in [0, 0.05) is 24.4 Å². The Kier molecular flexibility index (Phi) is 5.39. The van der Waals surface area contributed by atoms with Crippen LogP contribution in [0.5, 0.6) is 0 Å². The molecule has 1 aromatic rings. The van der Waals surface area contributed by atoms with Crippen LogP contribution in [-0.2, 0) is 11.2 Å². The fourth-order valence-electron chi connectivity index (χ4n) is 2.94. The number of rotatable bonds is 5. The minimum atomic E-state index is -0.750. The molecule has 5 heteroatoms. The predicted molar refractivity (Wildman–Crippen MR) is 83.9 cm³/mol. The van der Waals surface area contributed by atoms with Crippen molar-refractivity contribution in [2.24, 2.45) is 5.92 Å². The largest absolute Gasteiger partial charge is 0.481 e. The van der Waals surface area contributed by atoms with Crippen molar-refractivity contribution in [2.75, 3.05) is 13.1 Å². The molecular weight excluding hydrogens is 286 g/mol. The lowest BCUT2D eigenvalue weighted by molar-refractivity contribution is -0.137. The average molecular weight is 309 g/mol. The lowest BCUT2D eigenvalue weighted by Gasteiger charge is -2.32. The van der Waals surface area contributed by atoms with Crippen LogP contribution in [0.25, 0.3) is 0 Å². The van der Waals surface area contributed by atoms with Gasteiger partial charge in [-0.2, -0.15) is 0 Å². The molecule has 116 valence electrons. The molecule has 0 bridgehead atoms. The summed E-state index contributed by atoms with van der Waals surface area (Å²) in [6, 6.07) is 2.02. The SMILES string of the molecule is CCc1cc(C(=O)N2CCC[C@@H](CCC(=O)O)C2)sc1C. The molecule has 2 rings (SSSR count). The summed E-state index contributed by atoms with van der Waals surface area (Å²) in [5.41, 5.74) is 1.25. The summed E-state index contributed by atoms with van der Waals surface area (Å²) in [7, 11) is 0. The lowest BCUT2D eigenvalue weighted by Crippen LogP contribution is -2.39. The molecule has 1 atom stereocenters. The van der Waals surface area contributed by atoms with Crippen molar-refractivity contribution in [2.45, 2.75) is 46.0 Å². The Labute approximate surface area is 129 Å². The van der Waals surface area contributed by atoms with Gasteiger partial charge in [-0.05, 0) is 50.2 Å². The van der Waals surface area contributed by atoms with Gasteiger partial charge in [-0.3, -0.25) is 9.59 Å². The topological polar surface area (TPSA) is 57.6 Å². The second-order valence-corrected chi connectivity index (χ2v) is 6.99. The van der Waals surface area contributed by atoms with Crippen molar-refractivity contribution in [1.82, 2.24) is 4.90 Å². The maximum Gasteiger partial charge on any atom is 0.303 e. The molecule has 0 unspecified atom stereocenters. The van der Waals surface area contributed by atoms with Crippen LogP contribution in [0.1, 0.15) is 52.7 Å². The summed E-state index contributed by atoms with van der Waals surface area (Å²) in [4.78, 5) is 27.2. The number of carbonyl (C=O) groups excluding carboxylic acids is 1. The van der Waals surface area contributed by atoms with Gasteiger partial charge in [0.15, 0.2) is 0 Å². The number of thiophene rings is 1. The van der Waals surface area contributed by atoms with Crippen LogP contribution in [0.2, 0.25) is 0 Å². The number of amides is 1. The number of carboxylic acids is 1. The van der Waals surface area contributed by atoms with Gasteiger partial charge in [0.25, 0.3) is 5.91 Å². The zero-order valence-corrected chi connectivity index (χ0v) is 13.5. The third kappa shape index (κ3) is 4.06. The molecule has 1 aromatic heterocycles. The summed E-state index contributed by atoms with van der Waals surface area (Å²) >= 11 is 1.57. The quantitative estimate of drug-likeness (QED) is 0.907. The van der Waals surface area contributed by atoms with Crippen LogP contribution in [0.4, 0.5) is 0 Å². The summed E-state index contributed by atoms with van der Waals surface area (Å²) in [6.07, 6.45) is 3.83. The number of hydrogen-bond acceptors (Lipinski definition) is 3. The van der Waals surface area contributed by atoms with E-state index in [0.29, 0.717) is 18.9 Å². The second kappa shape index (κ2) is 7.07. The minimum Gasteiger partial charge on any atom is -0.481 e. The van der Waals surface area contributed by atoms with E-state index in [1.54, 1.807) is 11.3 Å². The molecule has 0 saturated carbocycles. The highest BCUT2D eigenvalue weighted by Gasteiger charge is 2.26. The molecule has 1 N–H and O–H groups in total. The second-order valence-electron chi connectivity index (χ2n) is 5.74. The summed E-state index contributed by atoms with van der Waals surface area (Å²) in [5, 5.41) is 8.78. The first kappa shape index (κ1) is 16.0. The third-order valence-electron chi connectivity index (χ3n) is 4.18. The first-order valence-electron chi connectivity index (χ1n) is 7.61. The van der Waals surface area contributed by atoms with Gasteiger partial charge in [0.05, 0.1) is 4.88 Å². The van der Waals surface area contributed by atoms with E-state index < -0.39 is 5.97 Å². The number of likely N-dealkylation sites (tertiary alicyclic amines) is 1. The predicted octanol–water partition coefficient (Wildman–Crippen LogP) is 3.34. The van der Waals surface area contributed by atoms with E-state index in [1.807, 2.05) is 11.0 Å². The van der Waals surface area contributed by atoms with Crippen LogP contribution in [0, 0.1) is 12.8 Å². The van der Waals surface area contributed by atoms with Gasteiger partial charge in [-0.15, -0.1) is 11.3 Å². The molecule has 0 aliphatic carbocycles. The van der Waals surface area contributed by atoms with Crippen LogP contribution in [0.3, 0.4) is 0 Å². The van der Waals surface area contributed by atoms with Gasteiger partial charge in [0.1, 0.15) is 0 Å². The molecular formula is C16H23NO3S. The summed E-state index contributed by atoms with van der Waals surface area (Å²) in [5.74, 6) is -0.312. The van der Waals surface area contributed by atoms with Crippen molar-refractivity contribution in [3.63, 3.8) is 0 Å². The maximum atomic E-state index is 12.6. The molecule has 1 amide bonds. The van der Waals surface area contributed by atoms with Crippen molar-refractivity contribution < 1.29 is 14.7 Å². The van der Waals surface area contributed by atoms with Gasteiger partial charge < -0.3 is 10.0 Å². The molecule has 21 heavy (non-hydrogen) atoms. The normalized spacial score (nSPS) is 18.8. The number of piperidine rings is 1. The Morgan fingerprint density at radius 1 is 1.48 bits per heavy atom. The Morgan fingerprint density at radius 2 is 2.24 bits per heavy atom. The smallest absolute Gasteiger partial charge is 0.303 e. The molecule has 1 aliphatic heterocycles. The van der Waals surface area contributed by atoms with E-state index in [2.05, 4.69) is 13.8 Å². The van der Waals surface area contributed by atoms with Crippen molar-refractivity contribution in [3.05, 3.63) is 21.4 Å². The minimum absolute atomic E-state index is 0.114. The fourth-order valence-corrected chi connectivity index (χ4v) is 4.03. The van der Waals surface area contributed by atoms with Crippen LogP contribution < -0.4 is 0 Å². The molecule has 2 heterocycles. The van der Waals surface area contributed by atoms with E-state index >= 15 is 0 Å². The number of hydrogen-bond donors (Lipinski definition) is 1. The molecule has 4 nitrogen and oxygen atoms in total. The maximum absolute atomic E-state index is 12.6. The Morgan fingerprint density at radius 3 is 2.86 bits per heavy atom. The van der Waals surface area contributed by atoms with E-state index in [4.69, 9.17) is 5.11 Å². The van der Waals surface area contributed by atoms with Gasteiger partial charge in [-0.25, -0.2) is 0 Å². The lowest BCUT2D eigenvalue weighted by atomic mass is 9.93. The standard InChI is InChI=1S/C16H23NO3S/c1-3-13-9-14(21-11(13)2)16(20)17-8-4-5-12(10-17)6-7-15(18)19/h9,12H,3-8,10H2,1-2H3,(H,18,19)/t12-/m0/s1. The number of aliphatic carboxylic acids is 1. The van der Waals surface area contributed by atoms with E-state index in [1.165, 1.54) is 10.4 Å². The highest BCUT2D eigenvalue weighted by atomic mass is 32.1. The fraction of sp³-hybridized carbons (Fsp3) is 0.625. The van der Waals surface area contributed by atoms with Crippen LogP contribution >= 0.6 is 11.3 Å². The monoisotopic (exact) mass is 309 g/mol. The summed E-state index contributed by atoms with van der Waals surface area (Å²) in [6.45, 7) is 5.66. The zero-order chi connectivity index (χ0) is 15.4. The van der Waals surface area contributed by atoms with Crippen molar-refractivity contribution in [3.8, 4) is 0 Å². The van der Waals surface area contributed by atoms with Crippen molar-refractivity contribution >= 4 is 23.2 Å². The number of carboxylic acid groups (broad SMARTS) is 1. The Balaban J connectivity index is 1.99. The van der Waals surface area contributed by atoms with Crippen LogP contribution in [-0.4, -0.2) is 35.0 Å². The van der Waals surface area contributed by atoms with E-state index in [-0.39, 0.29) is 12.3 Å².